The highest BCUT2D eigenvalue weighted by molar-refractivity contribution is 9.10. The Balaban J connectivity index is 2.34. The smallest absolute Gasteiger partial charge is 0.336 e. The Kier molecular flexibility index (Phi) is 3.66. The van der Waals surface area contributed by atoms with Crippen LogP contribution in [0.2, 0.25) is 0 Å². The maximum Gasteiger partial charge on any atom is 0.336 e. The highest BCUT2D eigenvalue weighted by Gasteiger charge is 2.15. The van der Waals surface area contributed by atoms with E-state index in [4.69, 9.17) is 0 Å². The van der Waals surface area contributed by atoms with E-state index in [9.17, 15) is 14.3 Å². The highest BCUT2D eigenvalue weighted by Crippen LogP contribution is 2.29. The standard InChI is InChI=1S/C17H11BrFNO2/c1-9-6-11(18)7-13-14(17(21)22)8-15(20-16(9)13)10-2-4-12(19)5-3-10/h2-8H,1H3,(H,21,22). The molecule has 110 valence electrons. The van der Waals surface area contributed by atoms with E-state index in [1.54, 1.807) is 18.2 Å². The molecule has 1 aromatic heterocycles. The molecule has 0 amide bonds. The monoisotopic (exact) mass is 359 g/mol. The van der Waals surface area contributed by atoms with E-state index in [1.807, 2.05) is 13.0 Å². The van der Waals surface area contributed by atoms with Gasteiger partial charge in [0, 0.05) is 15.4 Å². The number of nitrogens with zero attached hydrogens (tertiary/aromatic N) is 1. The van der Waals surface area contributed by atoms with Crippen molar-refractivity contribution in [3.8, 4) is 11.3 Å². The summed E-state index contributed by atoms with van der Waals surface area (Å²) in [6, 6.07) is 11.0. The molecule has 0 saturated heterocycles. The molecular formula is C17H11BrFNO2. The van der Waals surface area contributed by atoms with E-state index in [0.717, 1.165) is 10.0 Å². The van der Waals surface area contributed by atoms with Crippen LogP contribution in [0.1, 0.15) is 15.9 Å². The van der Waals surface area contributed by atoms with Crippen molar-refractivity contribution in [3.63, 3.8) is 0 Å². The summed E-state index contributed by atoms with van der Waals surface area (Å²) in [4.78, 5) is 16.1. The van der Waals surface area contributed by atoms with E-state index in [1.165, 1.54) is 18.2 Å². The van der Waals surface area contributed by atoms with Crippen LogP contribution in [0.3, 0.4) is 0 Å². The molecule has 3 rings (SSSR count). The zero-order valence-corrected chi connectivity index (χ0v) is 13.2. The quantitative estimate of drug-likeness (QED) is 0.714. The van der Waals surface area contributed by atoms with Gasteiger partial charge in [-0.3, -0.25) is 0 Å². The van der Waals surface area contributed by atoms with Crippen LogP contribution >= 0.6 is 15.9 Å². The van der Waals surface area contributed by atoms with Crippen LogP contribution < -0.4 is 0 Å². The van der Waals surface area contributed by atoms with Crippen LogP contribution in [0.15, 0.2) is 46.9 Å². The zero-order chi connectivity index (χ0) is 15.9. The number of fused-ring (bicyclic) bond motifs is 1. The number of carboxylic acid groups (broad SMARTS) is 1. The Hall–Kier alpha value is -2.27. The fraction of sp³-hybridized carbons (Fsp3) is 0.0588. The molecular weight excluding hydrogens is 349 g/mol. The van der Waals surface area contributed by atoms with Gasteiger partial charge in [0.05, 0.1) is 16.8 Å². The molecule has 5 heteroatoms. The van der Waals surface area contributed by atoms with Gasteiger partial charge in [-0.05, 0) is 55.0 Å². The van der Waals surface area contributed by atoms with Gasteiger partial charge in [0.1, 0.15) is 5.82 Å². The molecule has 0 aliphatic heterocycles. The van der Waals surface area contributed by atoms with Crippen molar-refractivity contribution in [1.29, 1.82) is 0 Å². The lowest BCUT2D eigenvalue weighted by molar-refractivity contribution is 0.0699. The van der Waals surface area contributed by atoms with Gasteiger partial charge in [-0.2, -0.15) is 0 Å². The minimum atomic E-state index is -1.02. The van der Waals surface area contributed by atoms with E-state index < -0.39 is 5.97 Å². The molecule has 22 heavy (non-hydrogen) atoms. The normalized spacial score (nSPS) is 10.9. The number of carboxylic acids is 1. The average Bonchev–Trinajstić information content (AvgIpc) is 2.47. The van der Waals surface area contributed by atoms with Crippen molar-refractivity contribution in [2.45, 2.75) is 6.92 Å². The third-order valence-electron chi connectivity index (χ3n) is 3.44. The molecule has 0 aliphatic rings. The molecule has 3 nitrogen and oxygen atoms in total. The molecule has 2 aromatic carbocycles. The van der Waals surface area contributed by atoms with Crippen LogP contribution in [0, 0.1) is 12.7 Å². The minimum absolute atomic E-state index is 0.175. The molecule has 0 atom stereocenters. The summed E-state index contributed by atoms with van der Waals surface area (Å²) in [6.45, 7) is 1.88. The lowest BCUT2D eigenvalue weighted by Crippen LogP contribution is -2.01. The third-order valence-corrected chi connectivity index (χ3v) is 3.90. The van der Waals surface area contributed by atoms with Gasteiger partial charge in [0.25, 0.3) is 0 Å². The van der Waals surface area contributed by atoms with Crippen molar-refractivity contribution in [1.82, 2.24) is 4.98 Å². The lowest BCUT2D eigenvalue weighted by atomic mass is 10.0. The summed E-state index contributed by atoms with van der Waals surface area (Å²) in [5, 5.41) is 10.1. The fourth-order valence-corrected chi connectivity index (χ4v) is 2.97. The predicted molar refractivity (Wildman–Crippen MR) is 86.5 cm³/mol. The second-order valence-electron chi connectivity index (χ2n) is 4.99. The third kappa shape index (κ3) is 2.60. The first-order valence-corrected chi connectivity index (χ1v) is 7.35. The molecule has 0 aliphatic carbocycles. The zero-order valence-electron chi connectivity index (χ0n) is 11.6. The first kappa shape index (κ1) is 14.7. The van der Waals surface area contributed by atoms with Crippen LogP contribution in [-0.2, 0) is 0 Å². The fourth-order valence-electron chi connectivity index (χ4n) is 2.40. The summed E-state index contributed by atoms with van der Waals surface area (Å²) in [7, 11) is 0. The largest absolute Gasteiger partial charge is 0.478 e. The van der Waals surface area contributed by atoms with Crippen molar-refractivity contribution in [2.75, 3.05) is 0 Å². The summed E-state index contributed by atoms with van der Waals surface area (Å²) < 4.78 is 13.9. The summed E-state index contributed by atoms with van der Waals surface area (Å²) in [5.74, 6) is -1.36. The minimum Gasteiger partial charge on any atom is -0.478 e. The Labute approximate surface area is 134 Å². The average molecular weight is 360 g/mol. The van der Waals surface area contributed by atoms with Gasteiger partial charge in [-0.25, -0.2) is 14.2 Å². The van der Waals surface area contributed by atoms with Crippen LogP contribution in [-0.4, -0.2) is 16.1 Å². The van der Waals surface area contributed by atoms with Gasteiger partial charge < -0.3 is 5.11 Å². The maximum atomic E-state index is 13.1. The topological polar surface area (TPSA) is 50.2 Å². The van der Waals surface area contributed by atoms with Gasteiger partial charge in [0.15, 0.2) is 0 Å². The van der Waals surface area contributed by atoms with E-state index in [0.29, 0.717) is 22.2 Å². The highest BCUT2D eigenvalue weighted by atomic mass is 79.9. The maximum absolute atomic E-state index is 13.1. The van der Waals surface area contributed by atoms with Crippen molar-refractivity contribution in [2.24, 2.45) is 0 Å². The first-order chi connectivity index (χ1) is 10.5. The molecule has 0 spiro atoms. The number of hydrogen-bond acceptors (Lipinski definition) is 2. The molecule has 0 bridgehead atoms. The number of aryl methyl sites for hydroxylation is 1. The van der Waals surface area contributed by atoms with Crippen LogP contribution in [0.25, 0.3) is 22.2 Å². The predicted octanol–water partition coefficient (Wildman–Crippen LogP) is 4.81. The van der Waals surface area contributed by atoms with Gasteiger partial charge >= 0.3 is 5.97 Å². The Morgan fingerprint density at radius 1 is 1.18 bits per heavy atom. The number of carbonyl (C=O) groups is 1. The Morgan fingerprint density at radius 3 is 2.50 bits per heavy atom. The lowest BCUT2D eigenvalue weighted by Gasteiger charge is -2.10. The first-order valence-electron chi connectivity index (χ1n) is 6.56. The molecule has 0 saturated carbocycles. The van der Waals surface area contributed by atoms with Crippen molar-refractivity contribution < 1.29 is 14.3 Å². The summed E-state index contributed by atoms with van der Waals surface area (Å²) in [5.41, 5.74) is 2.86. The molecule has 1 N–H and O–H groups in total. The second kappa shape index (κ2) is 5.50. The van der Waals surface area contributed by atoms with Crippen molar-refractivity contribution in [3.05, 3.63) is 63.9 Å². The number of pyridine rings is 1. The van der Waals surface area contributed by atoms with Gasteiger partial charge in [-0.15, -0.1) is 0 Å². The second-order valence-corrected chi connectivity index (χ2v) is 5.90. The Morgan fingerprint density at radius 2 is 1.86 bits per heavy atom. The molecule has 1 heterocycles. The Bertz CT molecular complexity index is 891. The summed E-state index contributed by atoms with van der Waals surface area (Å²) >= 11 is 3.38. The number of aromatic carboxylic acids is 1. The molecule has 0 unspecified atom stereocenters. The SMILES string of the molecule is Cc1cc(Br)cc2c(C(=O)O)cc(-c3ccc(F)cc3)nc12. The van der Waals surface area contributed by atoms with Crippen LogP contribution in [0.5, 0.6) is 0 Å². The van der Waals surface area contributed by atoms with Crippen molar-refractivity contribution >= 4 is 32.8 Å². The van der Waals surface area contributed by atoms with E-state index >= 15 is 0 Å². The number of benzene rings is 2. The molecule has 0 radical (unpaired) electrons. The van der Waals surface area contributed by atoms with E-state index in [2.05, 4.69) is 20.9 Å². The number of hydrogen-bond donors (Lipinski definition) is 1. The van der Waals surface area contributed by atoms with E-state index in [-0.39, 0.29) is 11.4 Å². The van der Waals surface area contributed by atoms with Crippen LogP contribution in [0.4, 0.5) is 4.39 Å². The summed E-state index contributed by atoms with van der Waals surface area (Å²) in [6.07, 6.45) is 0. The number of aromatic nitrogens is 1. The molecule has 3 aromatic rings. The van der Waals surface area contributed by atoms with Gasteiger partial charge in [-0.1, -0.05) is 15.9 Å². The van der Waals surface area contributed by atoms with Gasteiger partial charge in [0.2, 0.25) is 0 Å². The number of rotatable bonds is 2. The number of halogens is 2. The molecule has 0 fully saturated rings.